The third kappa shape index (κ3) is 3.11. The number of aliphatic carboxylic acids is 1. The molecule has 1 saturated carbocycles. The van der Waals surface area contributed by atoms with Crippen LogP contribution < -0.4 is 9.47 Å². The molecule has 2 aliphatic rings. The van der Waals surface area contributed by atoms with Crippen molar-refractivity contribution in [3.63, 3.8) is 0 Å². The van der Waals surface area contributed by atoms with Gasteiger partial charge in [-0.25, -0.2) is 0 Å². The van der Waals surface area contributed by atoms with Gasteiger partial charge in [0.15, 0.2) is 11.5 Å². The Balaban J connectivity index is 1.85. The summed E-state index contributed by atoms with van der Waals surface area (Å²) in [5.41, 5.74) is -0.413. The molecule has 0 bridgehead atoms. The lowest BCUT2D eigenvalue weighted by Gasteiger charge is -2.23. The number of amides is 1. The minimum atomic E-state index is -0.798. The van der Waals surface area contributed by atoms with Crippen LogP contribution in [0, 0.1) is 11.3 Å². The number of carbonyl (C=O) groups excluding carboxylic acids is 1. The Morgan fingerprint density at radius 2 is 2.19 bits per heavy atom. The zero-order valence-corrected chi connectivity index (χ0v) is 15.8. The molecule has 2 fully saturated rings. The van der Waals surface area contributed by atoms with E-state index in [2.05, 4.69) is 0 Å². The summed E-state index contributed by atoms with van der Waals surface area (Å²) in [6.45, 7) is 3.21. The van der Waals surface area contributed by atoms with Crippen LogP contribution in [-0.2, 0) is 4.79 Å². The molecule has 0 radical (unpaired) electrons. The third-order valence-corrected chi connectivity index (χ3v) is 5.79. The molecule has 26 heavy (non-hydrogen) atoms. The molecule has 0 unspecified atom stereocenters. The number of fused-ring (bicyclic) bond motifs is 1. The van der Waals surface area contributed by atoms with Crippen molar-refractivity contribution in [1.29, 1.82) is 0 Å². The van der Waals surface area contributed by atoms with Gasteiger partial charge < -0.3 is 19.5 Å². The Bertz CT molecular complexity index is 722. The largest absolute Gasteiger partial charge is 0.493 e. The van der Waals surface area contributed by atoms with Gasteiger partial charge in [0.2, 0.25) is 0 Å². The summed E-state index contributed by atoms with van der Waals surface area (Å²) in [6, 6.07) is 3.18. The van der Waals surface area contributed by atoms with E-state index in [1.165, 1.54) is 7.11 Å². The third-order valence-electron chi connectivity index (χ3n) is 5.51. The molecule has 1 heterocycles. The SMILES string of the molecule is CCCOc1c(Cl)cc(C(=O)N2C[C@@H]3CCC[C@@]3(C(=O)O)C2)cc1OC. The molecule has 1 aliphatic heterocycles. The molecule has 142 valence electrons. The van der Waals surface area contributed by atoms with Crippen molar-refractivity contribution < 1.29 is 24.2 Å². The molecule has 1 amide bonds. The van der Waals surface area contributed by atoms with E-state index in [1.54, 1.807) is 17.0 Å². The van der Waals surface area contributed by atoms with Crippen LogP contribution in [0.2, 0.25) is 5.02 Å². The minimum absolute atomic E-state index is 0.0217. The lowest BCUT2D eigenvalue weighted by molar-refractivity contribution is -0.149. The lowest BCUT2D eigenvalue weighted by atomic mass is 9.81. The van der Waals surface area contributed by atoms with E-state index in [0.717, 1.165) is 19.3 Å². The van der Waals surface area contributed by atoms with Crippen LogP contribution in [0.15, 0.2) is 12.1 Å². The van der Waals surface area contributed by atoms with Gasteiger partial charge >= 0.3 is 5.97 Å². The number of benzene rings is 1. The Kier molecular flexibility index (Phi) is 5.32. The van der Waals surface area contributed by atoms with Gasteiger partial charge in [-0.15, -0.1) is 0 Å². The molecular formula is C19H24ClNO5. The van der Waals surface area contributed by atoms with Crippen LogP contribution >= 0.6 is 11.6 Å². The molecule has 1 aliphatic carbocycles. The highest BCUT2D eigenvalue weighted by Gasteiger charge is 2.55. The number of ether oxygens (including phenoxy) is 2. The summed E-state index contributed by atoms with van der Waals surface area (Å²) in [5, 5.41) is 10.0. The molecule has 0 spiro atoms. The van der Waals surface area contributed by atoms with Crippen LogP contribution in [-0.4, -0.2) is 48.7 Å². The molecule has 1 aromatic carbocycles. The Morgan fingerprint density at radius 1 is 1.42 bits per heavy atom. The van der Waals surface area contributed by atoms with Crippen molar-refractivity contribution in [1.82, 2.24) is 4.90 Å². The van der Waals surface area contributed by atoms with Crippen molar-refractivity contribution in [3.8, 4) is 11.5 Å². The van der Waals surface area contributed by atoms with Crippen LogP contribution in [0.25, 0.3) is 0 Å². The smallest absolute Gasteiger partial charge is 0.311 e. The van der Waals surface area contributed by atoms with Crippen molar-refractivity contribution in [2.24, 2.45) is 11.3 Å². The summed E-state index contributed by atoms with van der Waals surface area (Å²) in [6.07, 6.45) is 3.21. The summed E-state index contributed by atoms with van der Waals surface area (Å²) in [7, 11) is 1.50. The van der Waals surface area contributed by atoms with Crippen LogP contribution in [0.5, 0.6) is 11.5 Å². The van der Waals surface area contributed by atoms with Gasteiger partial charge in [-0.2, -0.15) is 0 Å². The zero-order chi connectivity index (χ0) is 18.9. The fraction of sp³-hybridized carbons (Fsp3) is 0.579. The normalized spacial score (nSPS) is 24.4. The average Bonchev–Trinajstić information content (AvgIpc) is 3.17. The van der Waals surface area contributed by atoms with E-state index in [4.69, 9.17) is 21.1 Å². The first-order chi connectivity index (χ1) is 12.4. The molecule has 3 rings (SSSR count). The molecule has 1 aromatic rings. The Labute approximate surface area is 158 Å². The van der Waals surface area contributed by atoms with Crippen molar-refractivity contribution >= 4 is 23.5 Å². The number of hydrogen-bond donors (Lipinski definition) is 1. The highest BCUT2D eigenvalue weighted by Crippen LogP contribution is 2.49. The number of carbonyl (C=O) groups is 2. The van der Waals surface area contributed by atoms with Crippen molar-refractivity contribution in [2.45, 2.75) is 32.6 Å². The highest BCUT2D eigenvalue weighted by molar-refractivity contribution is 6.32. The van der Waals surface area contributed by atoms with Gasteiger partial charge in [-0.05, 0) is 37.3 Å². The standard InChI is InChI=1S/C19H24ClNO5/c1-3-7-26-16-14(20)8-12(9-15(16)25-2)17(22)21-10-13-5-4-6-19(13,11-21)18(23)24/h8-9,13H,3-7,10-11H2,1-2H3,(H,23,24)/t13-,19+/m0/s1. The number of likely N-dealkylation sites (tertiary alicyclic amines) is 1. The van der Waals surface area contributed by atoms with Crippen LogP contribution in [0.4, 0.5) is 0 Å². The topological polar surface area (TPSA) is 76.1 Å². The fourth-order valence-corrected chi connectivity index (χ4v) is 4.43. The fourth-order valence-electron chi connectivity index (χ4n) is 4.16. The average molecular weight is 382 g/mol. The summed E-state index contributed by atoms with van der Waals surface area (Å²) >= 11 is 6.30. The summed E-state index contributed by atoms with van der Waals surface area (Å²) in [4.78, 5) is 26.4. The molecule has 1 saturated heterocycles. The maximum atomic E-state index is 13.0. The number of carboxylic acid groups (broad SMARTS) is 1. The van der Waals surface area contributed by atoms with E-state index in [0.29, 0.717) is 41.7 Å². The van der Waals surface area contributed by atoms with E-state index >= 15 is 0 Å². The Morgan fingerprint density at radius 3 is 2.81 bits per heavy atom. The monoisotopic (exact) mass is 381 g/mol. The summed E-state index contributed by atoms with van der Waals surface area (Å²) < 4.78 is 11.0. The first-order valence-corrected chi connectivity index (χ1v) is 9.33. The van der Waals surface area contributed by atoms with Gasteiger partial charge in [0, 0.05) is 18.7 Å². The molecule has 2 atom stereocenters. The first-order valence-electron chi connectivity index (χ1n) is 8.96. The van der Waals surface area contributed by atoms with Crippen molar-refractivity contribution in [2.75, 3.05) is 26.8 Å². The van der Waals surface area contributed by atoms with Crippen molar-refractivity contribution in [3.05, 3.63) is 22.7 Å². The molecule has 6 nitrogen and oxygen atoms in total. The van der Waals surface area contributed by atoms with E-state index < -0.39 is 11.4 Å². The highest BCUT2D eigenvalue weighted by atomic mass is 35.5. The summed E-state index contributed by atoms with van der Waals surface area (Å²) in [5.74, 6) is -0.167. The predicted molar refractivity (Wildman–Crippen MR) is 97.1 cm³/mol. The molecule has 7 heteroatoms. The Hall–Kier alpha value is -1.95. The minimum Gasteiger partial charge on any atom is -0.493 e. The van der Waals surface area contributed by atoms with Gasteiger partial charge in [-0.1, -0.05) is 24.9 Å². The van der Waals surface area contributed by atoms with E-state index in [9.17, 15) is 14.7 Å². The number of methoxy groups -OCH3 is 1. The first kappa shape index (κ1) is 18.8. The van der Waals surface area contributed by atoms with Gasteiger partial charge in [0.1, 0.15) is 0 Å². The predicted octanol–water partition coefficient (Wildman–Crippen LogP) is 3.46. The second kappa shape index (κ2) is 7.35. The van der Waals surface area contributed by atoms with Crippen LogP contribution in [0.3, 0.4) is 0 Å². The number of rotatable bonds is 6. The lowest BCUT2D eigenvalue weighted by Crippen LogP contribution is -2.37. The second-order valence-corrected chi connectivity index (χ2v) is 7.48. The molecular weight excluding hydrogens is 358 g/mol. The zero-order valence-electron chi connectivity index (χ0n) is 15.1. The second-order valence-electron chi connectivity index (χ2n) is 7.07. The van der Waals surface area contributed by atoms with Gasteiger partial charge in [-0.3, -0.25) is 9.59 Å². The maximum Gasteiger partial charge on any atom is 0.311 e. The van der Waals surface area contributed by atoms with Gasteiger partial charge in [0.25, 0.3) is 5.91 Å². The quantitative estimate of drug-likeness (QED) is 0.816. The molecule has 1 N–H and O–H groups in total. The molecule has 0 aromatic heterocycles. The van der Waals surface area contributed by atoms with Crippen LogP contribution in [0.1, 0.15) is 43.0 Å². The maximum absolute atomic E-state index is 13.0. The number of halogens is 1. The number of carboxylic acids is 1. The van der Waals surface area contributed by atoms with E-state index in [1.807, 2.05) is 6.92 Å². The van der Waals surface area contributed by atoms with Gasteiger partial charge in [0.05, 0.1) is 24.2 Å². The number of nitrogens with zero attached hydrogens (tertiary/aromatic N) is 1. The van der Waals surface area contributed by atoms with E-state index in [-0.39, 0.29) is 18.4 Å². The number of hydrogen-bond acceptors (Lipinski definition) is 4.